The van der Waals surface area contributed by atoms with Crippen LogP contribution in [0.5, 0.6) is 0 Å². The van der Waals surface area contributed by atoms with Crippen molar-refractivity contribution in [3.8, 4) is 0 Å². The summed E-state index contributed by atoms with van der Waals surface area (Å²) in [6, 6.07) is 0. The predicted molar refractivity (Wildman–Crippen MR) is 55.6 cm³/mol. The van der Waals surface area contributed by atoms with Crippen molar-refractivity contribution in [1.29, 1.82) is 0 Å². The SMILES string of the molecule is CC(C)CC(O)CCCCCCO. The third-order valence-electron chi connectivity index (χ3n) is 2.19. The maximum absolute atomic E-state index is 9.53. The quantitative estimate of drug-likeness (QED) is 0.574. The van der Waals surface area contributed by atoms with Crippen LogP contribution in [0.2, 0.25) is 0 Å². The lowest BCUT2D eigenvalue weighted by atomic mass is 10.0. The third-order valence-corrected chi connectivity index (χ3v) is 2.19. The lowest BCUT2D eigenvalue weighted by molar-refractivity contribution is 0.136. The van der Waals surface area contributed by atoms with Crippen LogP contribution in [0.3, 0.4) is 0 Å². The van der Waals surface area contributed by atoms with Gasteiger partial charge in [-0.25, -0.2) is 0 Å². The van der Waals surface area contributed by atoms with Gasteiger partial charge in [-0.15, -0.1) is 0 Å². The Hall–Kier alpha value is -0.0800. The van der Waals surface area contributed by atoms with Crippen molar-refractivity contribution in [2.75, 3.05) is 6.61 Å². The molecule has 0 bridgehead atoms. The number of aliphatic hydroxyl groups excluding tert-OH is 2. The van der Waals surface area contributed by atoms with Crippen LogP contribution in [0.1, 0.15) is 52.4 Å². The topological polar surface area (TPSA) is 40.5 Å². The zero-order valence-corrected chi connectivity index (χ0v) is 9.00. The summed E-state index contributed by atoms with van der Waals surface area (Å²) in [7, 11) is 0. The molecule has 2 N–H and O–H groups in total. The second kappa shape index (κ2) is 8.52. The number of aliphatic hydroxyl groups is 2. The standard InChI is InChI=1S/C11H24O2/c1-10(2)9-11(13)7-5-3-4-6-8-12/h10-13H,3-9H2,1-2H3. The lowest BCUT2D eigenvalue weighted by Crippen LogP contribution is -2.09. The van der Waals surface area contributed by atoms with E-state index in [0.717, 1.165) is 38.5 Å². The summed E-state index contributed by atoms with van der Waals surface area (Å²) >= 11 is 0. The maximum atomic E-state index is 9.53. The minimum absolute atomic E-state index is 0.117. The summed E-state index contributed by atoms with van der Waals surface area (Å²) in [6.45, 7) is 4.57. The first-order valence-electron chi connectivity index (χ1n) is 5.45. The van der Waals surface area contributed by atoms with Crippen LogP contribution in [0, 0.1) is 5.92 Å². The Morgan fingerprint density at radius 1 is 1.00 bits per heavy atom. The van der Waals surface area contributed by atoms with Gasteiger partial charge in [0.2, 0.25) is 0 Å². The van der Waals surface area contributed by atoms with Gasteiger partial charge in [-0.1, -0.05) is 33.1 Å². The van der Waals surface area contributed by atoms with E-state index < -0.39 is 0 Å². The fourth-order valence-corrected chi connectivity index (χ4v) is 1.51. The number of unbranched alkanes of at least 4 members (excludes halogenated alkanes) is 3. The van der Waals surface area contributed by atoms with Crippen LogP contribution in [-0.2, 0) is 0 Å². The first-order valence-corrected chi connectivity index (χ1v) is 5.45. The van der Waals surface area contributed by atoms with E-state index in [0.29, 0.717) is 12.5 Å². The van der Waals surface area contributed by atoms with Crippen molar-refractivity contribution in [3.05, 3.63) is 0 Å². The van der Waals surface area contributed by atoms with Crippen LogP contribution < -0.4 is 0 Å². The Kier molecular flexibility index (Phi) is 8.46. The Morgan fingerprint density at radius 2 is 1.62 bits per heavy atom. The molecule has 0 aromatic rings. The van der Waals surface area contributed by atoms with Gasteiger partial charge in [0.05, 0.1) is 6.10 Å². The van der Waals surface area contributed by atoms with Gasteiger partial charge < -0.3 is 10.2 Å². The molecular weight excluding hydrogens is 164 g/mol. The Labute approximate surface area is 82.0 Å². The van der Waals surface area contributed by atoms with Crippen LogP contribution in [0.15, 0.2) is 0 Å². The van der Waals surface area contributed by atoms with Gasteiger partial charge in [-0.3, -0.25) is 0 Å². The van der Waals surface area contributed by atoms with E-state index in [1.54, 1.807) is 0 Å². The van der Waals surface area contributed by atoms with E-state index in [9.17, 15) is 5.11 Å². The highest BCUT2D eigenvalue weighted by Gasteiger charge is 2.05. The smallest absolute Gasteiger partial charge is 0.0542 e. The molecule has 1 atom stereocenters. The van der Waals surface area contributed by atoms with Crippen LogP contribution in [-0.4, -0.2) is 22.9 Å². The van der Waals surface area contributed by atoms with Gasteiger partial charge in [-0.05, 0) is 25.2 Å². The Morgan fingerprint density at radius 3 is 2.15 bits per heavy atom. The van der Waals surface area contributed by atoms with E-state index >= 15 is 0 Å². The van der Waals surface area contributed by atoms with E-state index in [1.165, 1.54) is 0 Å². The van der Waals surface area contributed by atoms with Gasteiger partial charge in [0.1, 0.15) is 0 Å². The van der Waals surface area contributed by atoms with Crippen molar-refractivity contribution in [1.82, 2.24) is 0 Å². The monoisotopic (exact) mass is 188 g/mol. The summed E-state index contributed by atoms with van der Waals surface area (Å²) in [5.41, 5.74) is 0. The molecule has 80 valence electrons. The average molecular weight is 188 g/mol. The molecule has 0 fully saturated rings. The van der Waals surface area contributed by atoms with Crippen LogP contribution >= 0.6 is 0 Å². The normalized spacial score (nSPS) is 13.6. The van der Waals surface area contributed by atoms with Gasteiger partial charge >= 0.3 is 0 Å². The molecule has 0 rings (SSSR count). The number of rotatable bonds is 8. The fraction of sp³-hybridized carbons (Fsp3) is 1.00. The second-order valence-corrected chi connectivity index (χ2v) is 4.21. The minimum Gasteiger partial charge on any atom is -0.396 e. The van der Waals surface area contributed by atoms with Crippen molar-refractivity contribution < 1.29 is 10.2 Å². The third kappa shape index (κ3) is 9.84. The zero-order valence-electron chi connectivity index (χ0n) is 9.00. The van der Waals surface area contributed by atoms with E-state index in [1.807, 2.05) is 0 Å². The van der Waals surface area contributed by atoms with E-state index in [2.05, 4.69) is 13.8 Å². The Bertz CT molecular complexity index is 102. The fourth-order valence-electron chi connectivity index (χ4n) is 1.51. The minimum atomic E-state index is -0.117. The van der Waals surface area contributed by atoms with Crippen LogP contribution in [0.25, 0.3) is 0 Å². The van der Waals surface area contributed by atoms with E-state index in [4.69, 9.17) is 5.11 Å². The Balaban J connectivity index is 3.12. The highest BCUT2D eigenvalue weighted by Crippen LogP contribution is 2.12. The molecular formula is C11H24O2. The van der Waals surface area contributed by atoms with Gasteiger partial charge in [0.25, 0.3) is 0 Å². The van der Waals surface area contributed by atoms with Crippen LogP contribution in [0.4, 0.5) is 0 Å². The van der Waals surface area contributed by atoms with E-state index in [-0.39, 0.29) is 6.10 Å². The largest absolute Gasteiger partial charge is 0.396 e. The summed E-state index contributed by atoms with van der Waals surface area (Å²) in [5, 5.41) is 18.1. The molecule has 0 aliphatic heterocycles. The first kappa shape index (κ1) is 12.9. The number of hydrogen-bond acceptors (Lipinski definition) is 2. The predicted octanol–water partition coefficient (Wildman–Crippen LogP) is 2.34. The summed E-state index contributed by atoms with van der Waals surface area (Å²) in [5.74, 6) is 0.590. The molecule has 1 unspecified atom stereocenters. The summed E-state index contributed by atoms with van der Waals surface area (Å²) in [4.78, 5) is 0. The molecule has 0 radical (unpaired) electrons. The summed E-state index contributed by atoms with van der Waals surface area (Å²) in [6.07, 6.45) is 5.94. The highest BCUT2D eigenvalue weighted by atomic mass is 16.3. The molecule has 0 aromatic carbocycles. The first-order chi connectivity index (χ1) is 6.16. The molecule has 0 aliphatic carbocycles. The maximum Gasteiger partial charge on any atom is 0.0542 e. The van der Waals surface area contributed by atoms with Crippen molar-refractivity contribution in [2.24, 2.45) is 5.92 Å². The molecule has 0 amide bonds. The van der Waals surface area contributed by atoms with Crippen molar-refractivity contribution in [2.45, 2.75) is 58.5 Å². The lowest BCUT2D eigenvalue weighted by Gasteiger charge is -2.12. The summed E-state index contributed by atoms with van der Waals surface area (Å²) < 4.78 is 0. The second-order valence-electron chi connectivity index (χ2n) is 4.21. The zero-order chi connectivity index (χ0) is 10.1. The van der Waals surface area contributed by atoms with Gasteiger partial charge in [0, 0.05) is 6.61 Å². The molecule has 13 heavy (non-hydrogen) atoms. The average Bonchev–Trinajstić information content (AvgIpc) is 2.02. The molecule has 0 saturated carbocycles. The molecule has 2 heteroatoms. The number of hydrogen-bond donors (Lipinski definition) is 2. The van der Waals surface area contributed by atoms with Gasteiger partial charge in [-0.2, -0.15) is 0 Å². The molecule has 0 aliphatic rings. The highest BCUT2D eigenvalue weighted by molar-refractivity contribution is 4.58. The molecule has 0 saturated heterocycles. The molecule has 0 heterocycles. The van der Waals surface area contributed by atoms with Gasteiger partial charge in [0.15, 0.2) is 0 Å². The molecule has 0 aromatic heterocycles. The molecule has 2 nitrogen and oxygen atoms in total. The molecule has 0 spiro atoms. The van der Waals surface area contributed by atoms with Crippen molar-refractivity contribution in [3.63, 3.8) is 0 Å². The van der Waals surface area contributed by atoms with Crippen molar-refractivity contribution >= 4 is 0 Å².